The quantitative estimate of drug-likeness (QED) is 0.110. The highest BCUT2D eigenvalue weighted by molar-refractivity contribution is 5.73. The number of hydrogen-bond acceptors (Lipinski definition) is 2. The van der Waals surface area contributed by atoms with Crippen LogP contribution in [0.1, 0.15) is 174 Å². The van der Waals surface area contributed by atoms with E-state index in [1.165, 1.54) is 128 Å². The van der Waals surface area contributed by atoms with E-state index in [9.17, 15) is 9.59 Å². The first kappa shape index (κ1) is 32.9. The van der Waals surface area contributed by atoms with E-state index in [0.29, 0.717) is 12.8 Å². The van der Waals surface area contributed by atoms with Crippen LogP contribution in [0.4, 0.5) is 0 Å². The highest BCUT2D eigenvalue weighted by Gasteiger charge is 2.02. The molecule has 4 N–H and O–H groups in total. The van der Waals surface area contributed by atoms with E-state index in [-0.39, 0.29) is 11.8 Å². The third-order valence-corrected chi connectivity index (χ3v) is 7.24. The summed E-state index contributed by atoms with van der Waals surface area (Å²) in [4.78, 5) is 21.4. The predicted octanol–water partition coefficient (Wildman–Crippen LogP) is 8.74. The van der Waals surface area contributed by atoms with Gasteiger partial charge in [0.25, 0.3) is 0 Å². The third kappa shape index (κ3) is 29.0. The lowest BCUT2D eigenvalue weighted by Gasteiger charge is -2.11. The molecule has 0 heterocycles. The van der Waals surface area contributed by atoms with Gasteiger partial charge in [-0.25, -0.2) is 0 Å². The molecule has 0 aliphatic rings. The van der Waals surface area contributed by atoms with Gasteiger partial charge in [0.05, 0.1) is 0 Å². The molecule has 0 unspecified atom stereocenters. The van der Waals surface area contributed by atoms with Crippen molar-refractivity contribution in [1.29, 1.82) is 0 Å². The lowest BCUT2D eigenvalue weighted by atomic mass is 9.95. The van der Waals surface area contributed by atoms with E-state index < -0.39 is 0 Å². The molecule has 0 aromatic rings. The molecule has 34 heavy (non-hydrogen) atoms. The van der Waals surface area contributed by atoms with Gasteiger partial charge in [0.2, 0.25) is 11.8 Å². The van der Waals surface area contributed by atoms with Gasteiger partial charge in [0.1, 0.15) is 0 Å². The van der Waals surface area contributed by atoms with E-state index in [1.54, 1.807) is 0 Å². The van der Waals surface area contributed by atoms with Crippen LogP contribution in [0.25, 0.3) is 0 Å². The molecule has 0 saturated heterocycles. The SMILES string of the molecule is CC(CCCCCCCCCCCCCC(N)=O)CCCCCCCCCCCCCC(N)=O. The maximum absolute atomic E-state index is 10.7. The number of rotatable bonds is 28. The van der Waals surface area contributed by atoms with Crippen LogP contribution in [-0.4, -0.2) is 11.8 Å². The average Bonchev–Trinajstić information content (AvgIpc) is 2.79. The zero-order valence-corrected chi connectivity index (χ0v) is 22.9. The summed E-state index contributed by atoms with van der Waals surface area (Å²) < 4.78 is 0. The van der Waals surface area contributed by atoms with Crippen molar-refractivity contribution in [1.82, 2.24) is 0 Å². The van der Waals surface area contributed by atoms with Gasteiger partial charge < -0.3 is 11.5 Å². The summed E-state index contributed by atoms with van der Waals surface area (Å²) in [6.07, 6.45) is 32.9. The summed E-state index contributed by atoms with van der Waals surface area (Å²) >= 11 is 0. The molecule has 0 fully saturated rings. The number of hydrogen-bond donors (Lipinski definition) is 2. The zero-order chi connectivity index (χ0) is 25.1. The Morgan fingerprint density at radius 1 is 0.412 bits per heavy atom. The van der Waals surface area contributed by atoms with Gasteiger partial charge in [-0.3, -0.25) is 9.59 Å². The summed E-state index contributed by atoms with van der Waals surface area (Å²) in [5.74, 6) is 0.592. The van der Waals surface area contributed by atoms with Crippen molar-refractivity contribution in [2.24, 2.45) is 17.4 Å². The Labute approximate surface area is 212 Å². The zero-order valence-electron chi connectivity index (χ0n) is 22.9. The maximum atomic E-state index is 10.7. The second kappa shape index (κ2) is 26.5. The van der Waals surface area contributed by atoms with E-state index in [4.69, 9.17) is 11.5 Å². The molecule has 0 aliphatic heterocycles. The van der Waals surface area contributed by atoms with Crippen LogP contribution in [0.2, 0.25) is 0 Å². The summed E-state index contributed by atoms with van der Waals surface area (Å²) in [6.45, 7) is 2.45. The fourth-order valence-corrected chi connectivity index (χ4v) is 4.91. The van der Waals surface area contributed by atoms with Crippen LogP contribution in [0.15, 0.2) is 0 Å². The number of primary amides is 2. The lowest BCUT2D eigenvalue weighted by molar-refractivity contribution is -0.119. The molecule has 202 valence electrons. The van der Waals surface area contributed by atoms with E-state index in [0.717, 1.165) is 31.6 Å². The Kier molecular flexibility index (Phi) is 25.7. The van der Waals surface area contributed by atoms with Gasteiger partial charge in [0.15, 0.2) is 0 Å². The molecule has 0 radical (unpaired) electrons. The largest absolute Gasteiger partial charge is 0.370 e. The van der Waals surface area contributed by atoms with Crippen molar-refractivity contribution < 1.29 is 9.59 Å². The molecule has 0 aromatic heterocycles. The number of unbranched alkanes of at least 4 members (excludes halogenated alkanes) is 20. The average molecular weight is 481 g/mol. The number of amides is 2. The first-order valence-electron chi connectivity index (χ1n) is 15.1. The summed E-state index contributed by atoms with van der Waals surface area (Å²) in [5, 5.41) is 0. The summed E-state index contributed by atoms with van der Waals surface area (Å²) in [7, 11) is 0. The monoisotopic (exact) mass is 480 g/mol. The van der Waals surface area contributed by atoms with Crippen LogP contribution >= 0.6 is 0 Å². The highest BCUT2D eigenvalue weighted by Crippen LogP contribution is 2.19. The standard InChI is InChI=1S/C30H60N2O2/c1-28(24-20-16-12-8-4-2-6-10-14-18-22-26-29(31)33)25-21-17-13-9-5-3-7-11-15-19-23-27-30(32)34/h28H,2-27H2,1H3,(H2,31,33)(H2,32,34). The number of carbonyl (C=O) groups is 2. The van der Waals surface area contributed by atoms with Crippen molar-refractivity contribution in [2.45, 2.75) is 174 Å². The van der Waals surface area contributed by atoms with E-state index in [1.807, 2.05) is 0 Å². The Morgan fingerprint density at radius 2 is 0.618 bits per heavy atom. The predicted molar refractivity (Wildman–Crippen MR) is 148 cm³/mol. The Hall–Kier alpha value is -1.06. The normalized spacial score (nSPS) is 11.4. The van der Waals surface area contributed by atoms with Crippen molar-refractivity contribution in [3.05, 3.63) is 0 Å². The fraction of sp³-hybridized carbons (Fsp3) is 0.933. The maximum Gasteiger partial charge on any atom is 0.217 e. The van der Waals surface area contributed by atoms with Crippen LogP contribution in [0, 0.1) is 5.92 Å². The van der Waals surface area contributed by atoms with Crippen molar-refractivity contribution >= 4 is 11.8 Å². The molecule has 0 rings (SSSR count). The van der Waals surface area contributed by atoms with Crippen molar-refractivity contribution in [3.8, 4) is 0 Å². The van der Waals surface area contributed by atoms with Gasteiger partial charge in [-0.2, -0.15) is 0 Å². The van der Waals surface area contributed by atoms with E-state index in [2.05, 4.69) is 6.92 Å². The Bertz CT molecular complexity index is 413. The Morgan fingerprint density at radius 3 is 0.853 bits per heavy atom. The highest BCUT2D eigenvalue weighted by atomic mass is 16.1. The molecular formula is C30H60N2O2. The molecule has 4 nitrogen and oxygen atoms in total. The molecule has 0 spiro atoms. The third-order valence-electron chi connectivity index (χ3n) is 7.24. The second-order valence-corrected chi connectivity index (χ2v) is 10.9. The smallest absolute Gasteiger partial charge is 0.217 e. The molecule has 2 amide bonds. The first-order chi connectivity index (χ1) is 16.5. The second-order valence-electron chi connectivity index (χ2n) is 10.9. The molecule has 0 atom stereocenters. The molecule has 4 heteroatoms. The van der Waals surface area contributed by atoms with Crippen LogP contribution in [-0.2, 0) is 9.59 Å². The number of carbonyl (C=O) groups excluding carboxylic acids is 2. The van der Waals surface area contributed by atoms with Crippen molar-refractivity contribution in [3.63, 3.8) is 0 Å². The molecule has 0 aliphatic carbocycles. The molecule has 0 bridgehead atoms. The van der Waals surface area contributed by atoms with Crippen LogP contribution < -0.4 is 11.5 Å². The van der Waals surface area contributed by atoms with Gasteiger partial charge in [-0.1, -0.05) is 148 Å². The van der Waals surface area contributed by atoms with Crippen LogP contribution in [0.3, 0.4) is 0 Å². The van der Waals surface area contributed by atoms with Gasteiger partial charge >= 0.3 is 0 Å². The minimum atomic E-state index is -0.157. The fourth-order valence-electron chi connectivity index (χ4n) is 4.91. The van der Waals surface area contributed by atoms with E-state index >= 15 is 0 Å². The van der Waals surface area contributed by atoms with Gasteiger partial charge in [-0.15, -0.1) is 0 Å². The minimum Gasteiger partial charge on any atom is -0.370 e. The van der Waals surface area contributed by atoms with Crippen LogP contribution in [0.5, 0.6) is 0 Å². The number of nitrogens with two attached hydrogens (primary N) is 2. The van der Waals surface area contributed by atoms with Gasteiger partial charge in [0, 0.05) is 12.8 Å². The topological polar surface area (TPSA) is 86.2 Å². The van der Waals surface area contributed by atoms with Gasteiger partial charge in [-0.05, 0) is 18.8 Å². The summed E-state index contributed by atoms with van der Waals surface area (Å²) in [6, 6.07) is 0. The molecule has 0 aromatic carbocycles. The van der Waals surface area contributed by atoms with Crippen molar-refractivity contribution in [2.75, 3.05) is 0 Å². The lowest BCUT2D eigenvalue weighted by Crippen LogP contribution is -2.09. The minimum absolute atomic E-state index is 0.157. The summed E-state index contributed by atoms with van der Waals surface area (Å²) in [5.41, 5.74) is 10.3. The molecule has 0 saturated carbocycles. The Balaban J connectivity index is 3.17. The molecular weight excluding hydrogens is 420 g/mol. The first-order valence-corrected chi connectivity index (χ1v) is 15.1.